The molecule has 2 aromatic heterocycles. The van der Waals surface area contributed by atoms with Crippen LogP contribution in [0, 0.1) is 23.7 Å². The van der Waals surface area contributed by atoms with E-state index in [0.29, 0.717) is 21.7 Å². The molecule has 0 amide bonds. The van der Waals surface area contributed by atoms with Crippen LogP contribution in [-0.2, 0) is 11.3 Å². The van der Waals surface area contributed by atoms with Crippen molar-refractivity contribution in [2.45, 2.75) is 76.5 Å². The van der Waals surface area contributed by atoms with Crippen LogP contribution in [0.1, 0.15) is 58.3 Å². The van der Waals surface area contributed by atoms with Crippen LogP contribution in [0.5, 0.6) is 0 Å². The van der Waals surface area contributed by atoms with Crippen molar-refractivity contribution in [3.05, 3.63) is 28.7 Å². The number of ether oxygens (including phenoxy) is 1. The zero-order chi connectivity index (χ0) is 24.7. The quantitative estimate of drug-likeness (QED) is 0.558. The molecule has 4 heterocycles. The van der Waals surface area contributed by atoms with Crippen LogP contribution in [0.15, 0.2) is 22.2 Å². The number of rotatable bonds is 6. The number of aryl methyl sites for hydroxylation is 1. The molecule has 34 heavy (non-hydrogen) atoms. The Morgan fingerprint density at radius 1 is 1.32 bits per heavy atom. The molecule has 0 aromatic carbocycles. The summed E-state index contributed by atoms with van der Waals surface area (Å²) in [7, 11) is 0. The van der Waals surface area contributed by atoms with Gasteiger partial charge < -0.3 is 20.5 Å². The molecule has 0 bridgehead atoms. The predicted molar refractivity (Wildman–Crippen MR) is 137 cm³/mol. The molecule has 186 valence electrons. The van der Waals surface area contributed by atoms with Gasteiger partial charge in [0.05, 0.1) is 30.0 Å². The number of nitrogens with two attached hydrogens (primary N) is 1. The normalized spacial score (nSPS) is 22.5. The standard InChI is InChI=1S/C25H36ClN5O2S/c1-6-24(4,5)20-16(3)33-14-25(20)8-11-31(12-9-25)22-17(13-32)30-23(15(2)29-22)34-18-7-10-28-21(27)19(18)26/h7,10,16,20,32H,6,8-9,11-14H2,1-5H3,(H2,27,28)/t16-,20?/m0/s1. The first-order valence-corrected chi connectivity index (χ1v) is 13.2. The molecule has 2 aromatic rings. The highest BCUT2D eigenvalue weighted by Crippen LogP contribution is 2.55. The van der Waals surface area contributed by atoms with Crippen molar-refractivity contribution in [3.63, 3.8) is 0 Å². The van der Waals surface area contributed by atoms with Gasteiger partial charge in [0.1, 0.15) is 16.5 Å². The van der Waals surface area contributed by atoms with Crippen LogP contribution in [0.2, 0.25) is 5.02 Å². The second kappa shape index (κ2) is 9.80. The Balaban J connectivity index is 1.56. The van der Waals surface area contributed by atoms with E-state index in [9.17, 15) is 5.11 Å². The van der Waals surface area contributed by atoms with Crippen molar-refractivity contribution in [2.75, 3.05) is 30.3 Å². The Morgan fingerprint density at radius 2 is 2.03 bits per heavy atom. The minimum Gasteiger partial charge on any atom is -0.390 e. The highest BCUT2D eigenvalue weighted by atomic mass is 35.5. The summed E-state index contributed by atoms with van der Waals surface area (Å²) < 4.78 is 6.23. The third-order valence-corrected chi connectivity index (χ3v) is 9.54. The second-order valence-corrected chi connectivity index (χ2v) is 11.7. The smallest absolute Gasteiger partial charge is 0.153 e. The van der Waals surface area contributed by atoms with Gasteiger partial charge in [0.15, 0.2) is 5.82 Å². The minimum atomic E-state index is -0.171. The van der Waals surface area contributed by atoms with Crippen LogP contribution >= 0.6 is 23.4 Å². The zero-order valence-corrected chi connectivity index (χ0v) is 22.3. The lowest BCUT2D eigenvalue weighted by Gasteiger charge is -2.48. The first-order valence-electron chi connectivity index (χ1n) is 12.0. The van der Waals surface area contributed by atoms with Gasteiger partial charge in [-0.3, -0.25) is 0 Å². The van der Waals surface area contributed by atoms with E-state index >= 15 is 0 Å². The van der Waals surface area contributed by atoms with Crippen molar-refractivity contribution >= 4 is 35.0 Å². The number of nitrogens with zero attached hydrogens (tertiary/aromatic N) is 4. The maximum atomic E-state index is 10.1. The number of hydrogen-bond donors (Lipinski definition) is 2. The number of halogens is 1. The molecule has 0 aliphatic carbocycles. The molecule has 2 atom stereocenters. The Bertz CT molecular complexity index is 1040. The van der Waals surface area contributed by atoms with Gasteiger partial charge in [-0.25, -0.2) is 15.0 Å². The highest BCUT2D eigenvalue weighted by molar-refractivity contribution is 7.99. The zero-order valence-electron chi connectivity index (χ0n) is 20.8. The maximum absolute atomic E-state index is 10.1. The number of aromatic nitrogens is 3. The lowest BCUT2D eigenvalue weighted by atomic mass is 9.58. The molecule has 0 saturated carbocycles. The SMILES string of the molecule is CCC(C)(C)C1[C@H](C)OCC12CCN(c1nc(C)c(Sc3ccnc(N)c3Cl)nc1CO)CC2. The molecule has 2 aliphatic rings. The molecular weight excluding hydrogens is 470 g/mol. The van der Waals surface area contributed by atoms with Gasteiger partial charge in [0.2, 0.25) is 0 Å². The fourth-order valence-corrected chi connectivity index (χ4v) is 7.00. The van der Waals surface area contributed by atoms with Crippen molar-refractivity contribution in [2.24, 2.45) is 16.7 Å². The summed E-state index contributed by atoms with van der Waals surface area (Å²) in [5, 5.41) is 11.2. The van der Waals surface area contributed by atoms with E-state index < -0.39 is 0 Å². The van der Waals surface area contributed by atoms with Crippen molar-refractivity contribution in [1.82, 2.24) is 15.0 Å². The summed E-state index contributed by atoms with van der Waals surface area (Å²) in [5.74, 6) is 1.60. The monoisotopic (exact) mass is 505 g/mol. The molecule has 3 N–H and O–H groups in total. The van der Waals surface area contributed by atoms with E-state index in [0.717, 1.165) is 55.4 Å². The van der Waals surface area contributed by atoms with Gasteiger partial charge in [-0.05, 0) is 44.1 Å². The Morgan fingerprint density at radius 3 is 2.68 bits per heavy atom. The first-order chi connectivity index (χ1) is 16.1. The number of aliphatic hydroxyl groups excluding tert-OH is 1. The van der Waals surface area contributed by atoms with E-state index in [1.807, 2.05) is 6.92 Å². The number of hydrogen-bond acceptors (Lipinski definition) is 8. The van der Waals surface area contributed by atoms with Gasteiger partial charge in [-0.2, -0.15) is 0 Å². The molecule has 9 heteroatoms. The van der Waals surface area contributed by atoms with Gasteiger partial charge in [0, 0.05) is 29.6 Å². The average Bonchev–Trinajstić information content (AvgIpc) is 3.14. The Labute approximate surface area is 211 Å². The van der Waals surface area contributed by atoms with E-state index in [1.165, 1.54) is 11.8 Å². The second-order valence-electron chi connectivity index (χ2n) is 10.3. The number of anilines is 2. The molecule has 0 radical (unpaired) electrons. The van der Waals surface area contributed by atoms with Gasteiger partial charge >= 0.3 is 0 Å². The average molecular weight is 506 g/mol. The van der Waals surface area contributed by atoms with Crippen LogP contribution in [0.25, 0.3) is 0 Å². The molecule has 2 fully saturated rings. The van der Waals surface area contributed by atoms with E-state index in [-0.39, 0.29) is 29.4 Å². The maximum Gasteiger partial charge on any atom is 0.153 e. The lowest BCUT2D eigenvalue weighted by molar-refractivity contribution is 0.0397. The summed E-state index contributed by atoms with van der Waals surface area (Å²) in [4.78, 5) is 16.7. The number of aliphatic hydroxyl groups is 1. The number of pyridine rings is 1. The van der Waals surface area contributed by atoms with Crippen LogP contribution in [0.4, 0.5) is 11.6 Å². The minimum absolute atomic E-state index is 0.171. The molecule has 7 nitrogen and oxygen atoms in total. The molecule has 2 saturated heterocycles. The fourth-order valence-electron chi connectivity index (χ4n) is 5.89. The predicted octanol–water partition coefficient (Wildman–Crippen LogP) is 5.12. The Hall–Kier alpha value is -1.61. The number of piperidine rings is 1. The van der Waals surface area contributed by atoms with Gasteiger partial charge in [0.25, 0.3) is 0 Å². The van der Waals surface area contributed by atoms with Crippen molar-refractivity contribution in [1.29, 1.82) is 0 Å². The van der Waals surface area contributed by atoms with E-state index in [2.05, 4.69) is 37.6 Å². The molecule has 4 rings (SSSR count). The topological polar surface area (TPSA) is 97.4 Å². The van der Waals surface area contributed by atoms with Crippen LogP contribution in [0.3, 0.4) is 0 Å². The summed E-state index contributed by atoms with van der Waals surface area (Å²) in [6, 6.07) is 1.81. The van der Waals surface area contributed by atoms with Crippen LogP contribution in [-0.4, -0.2) is 45.9 Å². The van der Waals surface area contributed by atoms with Gasteiger partial charge in [-0.15, -0.1) is 0 Å². The molecule has 2 aliphatic heterocycles. The third kappa shape index (κ3) is 4.62. The molecule has 1 unspecified atom stereocenters. The summed E-state index contributed by atoms with van der Waals surface area (Å²) in [6.07, 6.45) is 5.15. The molecule has 1 spiro atoms. The van der Waals surface area contributed by atoms with Crippen LogP contribution < -0.4 is 10.6 Å². The third-order valence-electron chi connectivity index (χ3n) is 7.89. The molecular formula is C25H36ClN5O2S. The first kappa shape index (κ1) is 25.5. The Kier molecular flexibility index (Phi) is 7.34. The van der Waals surface area contributed by atoms with E-state index in [1.54, 1.807) is 12.3 Å². The fraction of sp³-hybridized carbons (Fsp3) is 0.640. The van der Waals surface area contributed by atoms with Crippen molar-refractivity contribution < 1.29 is 9.84 Å². The van der Waals surface area contributed by atoms with Crippen molar-refractivity contribution in [3.8, 4) is 0 Å². The summed E-state index contributed by atoms with van der Waals surface area (Å²) in [6.45, 7) is 13.7. The van der Waals surface area contributed by atoms with E-state index in [4.69, 9.17) is 32.0 Å². The lowest BCUT2D eigenvalue weighted by Crippen LogP contribution is -2.49. The van der Waals surface area contributed by atoms with Gasteiger partial charge in [-0.1, -0.05) is 50.6 Å². The summed E-state index contributed by atoms with van der Waals surface area (Å²) in [5.41, 5.74) is 7.67. The largest absolute Gasteiger partial charge is 0.390 e. The highest BCUT2D eigenvalue weighted by Gasteiger charge is 2.54. The summed E-state index contributed by atoms with van der Waals surface area (Å²) >= 11 is 7.71. The number of nitrogen functional groups attached to an aromatic ring is 1.